The Bertz CT molecular complexity index is 404. The van der Waals surface area contributed by atoms with E-state index in [0.717, 1.165) is 17.1 Å². The number of aromatic carboxylic acids is 1. The van der Waals surface area contributed by atoms with Crippen LogP contribution in [0.2, 0.25) is 0 Å². The highest BCUT2D eigenvalue weighted by Gasteiger charge is 2.13. The van der Waals surface area contributed by atoms with Gasteiger partial charge in [-0.1, -0.05) is 27.7 Å². The third kappa shape index (κ3) is 4.04. The van der Waals surface area contributed by atoms with Gasteiger partial charge in [-0.25, -0.2) is 9.78 Å². The van der Waals surface area contributed by atoms with Gasteiger partial charge in [0.15, 0.2) is 0 Å². The van der Waals surface area contributed by atoms with Crippen LogP contribution in [0.25, 0.3) is 0 Å². The Morgan fingerprint density at radius 2 is 2.06 bits per heavy atom. The van der Waals surface area contributed by atoms with Crippen molar-refractivity contribution in [3.63, 3.8) is 0 Å². The van der Waals surface area contributed by atoms with E-state index in [1.807, 2.05) is 6.92 Å². The molecule has 3 nitrogen and oxygen atoms in total. The van der Waals surface area contributed by atoms with Crippen LogP contribution >= 0.6 is 11.8 Å². The summed E-state index contributed by atoms with van der Waals surface area (Å²) in [6.45, 7) is 8.42. The lowest BCUT2D eigenvalue weighted by molar-refractivity contribution is 0.0696. The van der Waals surface area contributed by atoms with Crippen LogP contribution in [0.4, 0.5) is 0 Å². The number of carboxylic acid groups (broad SMARTS) is 1. The molecule has 1 N–H and O–H groups in total. The first-order valence-electron chi connectivity index (χ1n) is 5.85. The van der Waals surface area contributed by atoms with Crippen molar-refractivity contribution in [2.24, 2.45) is 5.92 Å². The number of carbonyl (C=O) groups is 1. The van der Waals surface area contributed by atoms with Crippen molar-refractivity contribution in [1.82, 2.24) is 4.98 Å². The summed E-state index contributed by atoms with van der Waals surface area (Å²) in [6.07, 6.45) is 0.755. The molecule has 4 heteroatoms. The maximum Gasteiger partial charge on any atom is 0.335 e. The van der Waals surface area contributed by atoms with Gasteiger partial charge in [0, 0.05) is 10.9 Å². The fraction of sp³-hybridized carbons (Fsp3) is 0.538. The number of hydrogen-bond donors (Lipinski definition) is 1. The van der Waals surface area contributed by atoms with Crippen molar-refractivity contribution >= 4 is 17.7 Å². The van der Waals surface area contributed by atoms with Crippen LogP contribution in [0.3, 0.4) is 0 Å². The van der Waals surface area contributed by atoms with Gasteiger partial charge in [0.05, 0.1) is 10.6 Å². The van der Waals surface area contributed by atoms with Crippen LogP contribution in [-0.2, 0) is 6.42 Å². The molecule has 0 amide bonds. The average Bonchev–Trinajstić information content (AvgIpc) is 2.28. The largest absolute Gasteiger partial charge is 0.478 e. The Balaban J connectivity index is 2.98. The van der Waals surface area contributed by atoms with E-state index in [4.69, 9.17) is 5.11 Å². The first-order valence-corrected chi connectivity index (χ1v) is 6.73. The van der Waals surface area contributed by atoms with Crippen LogP contribution in [0, 0.1) is 5.92 Å². The Hall–Kier alpha value is -1.03. The highest BCUT2D eigenvalue weighted by molar-refractivity contribution is 7.99. The van der Waals surface area contributed by atoms with E-state index >= 15 is 0 Å². The first kappa shape index (κ1) is 14.0. The zero-order chi connectivity index (χ0) is 13.0. The van der Waals surface area contributed by atoms with Crippen molar-refractivity contribution < 1.29 is 9.90 Å². The maximum atomic E-state index is 11.0. The summed E-state index contributed by atoms with van der Waals surface area (Å²) in [6, 6.07) is 3.30. The summed E-state index contributed by atoms with van der Waals surface area (Å²) < 4.78 is 0. The quantitative estimate of drug-likeness (QED) is 0.816. The van der Waals surface area contributed by atoms with E-state index in [9.17, 15) is 4.79 Å². The Morgan fingerprint density at radius 1 is 1.41 bits per heavy atom. The van der Waals surface area contributed by atoms with Crippen molar-refractivity contribution in [3.05, 3.63) is 23.4 Å². The summed E-state index contributed by atoms with van der Waals surface area (Å²) in [5.41, 5.74) is 1.17. The molecule has 0 radical (unpaired) electrons. The van der Waals surface area contributed by atoms with E-state index in [2.05, 4.69) is 25.8 Å². The predicted octanol–water partition coefficient (Wildman–Crippen LogP) is 3.48. The number of aromatic nitrogens is 1. The highest BCUT2D eigenvalue weighted by Crippen LogP contribution is 2.27. The third-order valence-corrected chi connectivity index (χ3v) is 4.08. The molecule has 1 heterocycles. The number of rotatable bonds is 5. The van der Waals surface area contributed by atoms with E-state index in [1.165, 1.54) is 0 Å². The molecule has 1 unspecified atom stereocenters. The summed E-state index contributed by atoms with van der Waals surface area (Å²) in [5, 5.41) is 10.3. The van der Waals surface area contributed by atoms with Gasteiger partial charge < -0.3 is 5.11 Å². The average molecular weight is 253 g/mol. The number of carboxylic acids is 1. The molecule has 0 aliphatic rings. The zero-order valence-electron chi connectivity index (χ0n) is 10.7. The summed E-state index contributed by atoms with van der Waals surface area (Å²) in [5.74, 6) is -0.346. The van der Waals surface area contributed by atoms with Crippen molar-refractivity contribution in [3.8, 4) is 0 Å². The van der Waals surface area contributed by atoms with Gasteiger partial charge in [0.25, 0.3) is 0 Å². The topological polar surface area (TPSA) is 50.2 Å². The fourth-order valence-corrected chi connectivity index (χ4v) is 2.27. The molecular weight excluding hydrogens is 234 g/mol. The molecule has 0 saturated heterocycles. The lowest BCUT2D eigenvalue weighted by Gasteiger charge is -2.15. The van der Waals surface area contributed by atoms with Gasteiger partial charge in [-0.05, 0) is 24.5 Å². The van der Waals surface area contributed by atoms with Crippen LogP contribution in [-0.4, -0.2) is 21.3 Å². The molecule has 0 aliphatic heterocycles. The van der Waals surface area contributed by atoms with Crippen LogP contribution in [0.1, 0.15) is 43.7 Å². The van der Waals surface area contributed by atoms with Gasteiger partial charge in [-0.15, -0.1) is 11.8 Å². The molecule has 0 aliphatic carbocycles. The SMILES string of the molecule is CCc1cc(C(=O)O)cc(SC(C)C(C)C)n1. The second-order valence-electron chi connectivity index (χ2n) is 4.41. The molecule has 94 valence electrons. The molecule has 0 fully saturated rings. The minimum absolute atomic E-state index is 0.329. The molecule has 0 saturated carbocycles. The Morgan fingerprint density at radius 3 is 2.53 bits per heavy atom. The third-order valence-electron chi connectivity index (χ3n) is 2.71. The number of nitrogens with zero attached hydrogens (tertiary/aromatic N) is 1. The Labute approximate surface area is 107 Å². The Kier molecular flexibility index (Phi) is 5.00. The molecule has 1 rings (SSSR count). The summed E-state index contributed by atoms with van der Waals surface area (Å²) in [4.78, 5) is 15.5. The number of thioether (sulfide) groups is 1. The lowest BCUT2D eigenvalue weighted by atomic mass is 10.2. The molecule has 17 heavy (non-hydrogen) atoms. The van der Waals surface area contributed by atoms with Gasteiger partial charge in [-0.2, -0.15) is 0 Å². The molecule has 0 aromatic carbocycles. The predicted molar refractivity (Wildman–Crippen MR) is 70.7 cm³/mol. The van der Waals surface area contributed by atoms with Crippen molar-refractivity contribution in [2.75, 3.05) is 0 Å². The second-order valence-corrected chi connectivity index (χ2v) is 5.81. The van der Waals surface area contributed by atoms with Gasteiger partial charge in [0.2, 0.25) is 0 Å². The smallest absolute Gasteiger partial charge is 0.335 e. The second kappa shape index (κ2) is 6.05. The molecule has 1 atom stereocenters. The minimum Gasteiger partial charge on any atom is -0.478 e. The van der Waals surface area contributed by atoms with Crippen LogP contribution in [0.5, 0.6) is 0 Å². The van der Waals surface area contributed by atoms with E-state index in [-0.39, 0.29) is 0 Å². The monoisotopic (exact) mass is 253 g/mol. The lowest BCUT2D eigenvalue weighted by Crippen LogP contribution is -2.07. The zero-order valence-corrected chi connectivity index (χ0v) is 11.5. The number of pyridine rings is 1. The fourth-order valence-electron chi connectivity index (χ4n) is 1.25. The van der Waals surface area contributed by atoms with Crippen LogP contribution in [0.15, 0.2) is 17.2 Å². The number of aryl methyl sites for hydroxylation is 1. The van der Waals surface area contributed by atoms with E-state index < -0.39 is 5.97 Å². The van der Waals surface area contributed by atoms with E-state index in [0.29, 0.717) is 16.7 Å². The molecule has 0 bridgehead atoms. The first-order chi connectivity index (χ1) is 7.93. The number of hydrogen-bond acceptors (Lipinski definition) is 3. The summed E-state index contributed by atoms with van der Waals surface area (Å²) >= 11 is 1.64. The van der Waals surface area contributed by atoms with Gasteiger partial charge in [-0.3, -0.25) is 0 Å². The molecule has 1 aromatic rings. The van der Waals surface area contributed by atoms with E-state index in [1.54, 1.807) is 23.9 Å². The maximum absolute atomic E-state index is 11.0. The standard InChI is InChI=1S/C13H19NO2S/c1-5-11-6-10(13(15)16)7-12(14-11)17-9(4)8(2)3/h6-9H,5H2,1-4H3,(H,15,16). The highest BCUT2D eigenvalue weighted by atomic mass is 32.2. The van der Waals surface area contributed by atoms with Crippen molar-refractivity contribution in [1.29, 1.82) is 0 Å². The van der Waals surface area contributed by atoms with Gasteiger partial charge >= 0.3 is 5.97 Å². The molecule has 1 aromatic heterocycles. The summed E-state index contributed by atoms with van der Waals surface area (Å²) in [7, 11) is 0. The van der Waals surface area contributed by atoms with Gasteiger partial charge in [0.1, 0.15) is 0 Å². The van der Waals surface area contributed by atoms with Crippen molar-refractivity contribution in [2.45, 2.75) is 44.4 Å². The minimum atomic E-state index is -0.888. The molecular formula is C13H19NO2S. The normalized spacial score (nSPS) is 12.8. The molecule has 0 spiro atoms. The van der Waals surface area contributed by atoms with Crippen LogP contribution < -0.4 is 0 Å².